The second kappa shape index (κ2) is 3.85. The Balaban J connectivity index is 3.24. The molecule has 1 aromatic carbocycles. The molecule has 0 unspecified atom stereocenters. The molecule has 0 aliphatic carbocycles. The van der Waals surface area contributed by atoms with Gasteiger partial charge in [-0.2, -0.15) is 0 Å². The van der Waals surface area contributed by atoms with Crippen LogP contribution in [0, 0.1) is 5.82 Å². The van der Waals surface area contributed by atoms with Crippen molar-refractivity contribution in [2.75, 3.05) is 0 Å². The first kappa shape index (κ1) is 9.45. The van der Waals surface area contributed by atoms with Crippen LogP contribution >= 0.6 is 0 Å². The average molecular weight is 180 g/mol. The molecule has 1 aromatic rings. The molecule has 1 rings (SSSR count). The highest BCUT2D eigenvalue weighted by Gasteiger charge is 2.11. The third-order valence-electron chi connectivity index (χ3n) is 1.70. The molecule has 3 heteroatoms. The van der Waals surface area contributed by atoms with Gasteiger partial charge in [-0.3, -0.25) is 0 Å². The Morgan fingerprint density at radius 1 is 1.62 bits per heavy atom. The number of benzene rings is 1. The van der Waals surface area contributed by atoms with Gasteiger partial charge in [-0.15, -0.1) is 6.58 Å². The van der Waals surface area contributed by atoms with Crippen molar-refractivity contribution in [3.63, 3.8) is 0 Å². The van der Waals surface area contributed by atoms with Crippen molar-refractivity contribution in [2.24, 2.45) is 0 Å². The zero-order chi connectivity index (χ0) is 9.84. The van der Waals surface area contributed by atoms with E-state index in [1.54, 1.807) is 0 Å². The predicted octanol–water partition coefficient (Wildman–Crippen LogP) is 2.25. The van der Waals surface area contributed by atoms with Gasteiger partial charge in [-0.1, -0.05) is 12.1 Å². The normalized spacial score (nSPS) is 9.62. The van der Waals surface area contributed by atoms with Crippen LogP contribution in [-0.4, -0.2) is 11.1 Å². The monoisotopic (exact) mass is 180 g/mol. The molecule has 0 aromatic heterocycles. The van der Waals surface area contributed by atoms with Crippen LogP contribution in [0.2, 0.25) is 0 Å². The Kier molecular flexibility index (Phi) is 2.80. The lowest BCUT2D eigenvalue weighted by atomic mass is 10.0. The molecule has 68 valence electrons. The molecule has 0 radical (unpaired) electrons. The van der Waals surface area contributed by atoms with E-state index in [1.807, 2.05) is 0 Å². The molecule has 13 heavy (non-hydrogen) atoms. The van der Waals surface area contributed by atoms with Crippen molar-refractivity contribution in [3.8, 4) is 0 Å². The van der Waals surface area contributed by atoms with E-state index in [0.717, 1.165) is 0 Å². The zero-order valence-corrected chi connectivity index (χ0v) is 6.96. The molecule has 0 aliphatic heterocycles. The third kappa shape index (κ3) is 1.93. The highest BCUT2D eigenvalue weighted by molar-refractivity contribution is 5.89. The maximum Gasteiger partial charge on any atom is 0.336 e. The summed E-state index contributed by atoms with van der Waals surface area (Å²) in [5.74, 6) is -1.61. The second-order valence-electron chi connectivity index (χ2n) is 2.56. The third-order valence-corrected chi connectivity index (χ3v) is 1.70. The van der Waals surface area contributed by atoms with E-state index < -0.39 is 11.8 Å². The molecule has 0 aliphatic rings. The molecular formula is C10H9FO2. The minimum absolute atomic E-state index is 0.0000926. The molecule has 0 spiro atoms. The van der Waals surface area contributed by atoms with Crippen LogP contribution < -0.4 is 0 Å². The fraction of sp³-hybridized carbons (Fsp3) is 0.100. The summed E-state index contributed by atoms with van der Waals surface area (Å²) < 4.78 is 13.1. The van der Waals surface area contributed by atoms with E-state index in [9.17, 15) is 9.18 Å². The predicted molar refractivity (Wildman–Crippen MR) is 47.3 cm³/mol. The van der Waals surface area contributed by atoms with Gasteiger partial charge >= 0.3 is 5.97 Å². The standard InChI is InChI=1S/C10H9FO2/c1-2-4-7-8(10(12)13)5-3-6-9(7)11/h2-3,5-6H,1,4H2,(H,12,13). The van der Waals surface area contributed by atoms with Crippen LogP contribution in [-0.2, 0) is 6.42 Å². The summed E-state index contributed by atoms with van der Waals surface area (Å²) in [4.78, 5) is 10.6. The van der Waals surface area contributed by atoms with E-state index in [0.29, 0.717) is 0 Å². The first-order valence-corrected chi connectivity index (χ1v) is 3.78. The number of aromatic carboxylic acids is 1. The van der Waals surface area contributed by atoms with E-state index in [2.05, 4.69) is 6.58 Å². The Morgan fingerprint density at radius 3 is 2.85 bits per heavy atom. The Hall–Kier alpha value is -1.64. The number of rotatable bonds is 3. The van der Waals surface area contributed by atoms with E-state index in [-0.39, 0.29) is 17.5 Å². The van der Waals surface area contributed by atoms with E-state index >= 15 is 0 Å². The van der Waals surface area contributed by atoms with Crippen molar-refractivity contribution in [2.45, 2.75) is 6.42 Å². The van der Waals surface area contributed by atoms with Crippen molar-refractivity contribution in [3.05, 3.63) is 47.8 Å². The number of allylic oxidation sites excluding steroid dienone is 1. The summed E-state index contributed by atoms with van der Waals surface area (Å²) in [5, 5.41) is 8.72. The van der Waals surface area contributed by atoms with Crippen molar-refractivity contribution < 1.29 is 14.3 Å². The second-order valence-corrected chi connectivity index (χ2v) is 2.56. The molecule has 0 amide bonds. The smallest absolute Gasteiger partial charge is 0.336 e. The van der Waals surface area contributed by atoms with E-state index in [4.69, 9.17) is 5.11 Å². The summed E-state index contributed by atoms with van der Waals surface area (Å²) in [5.41, 5.74) is 0.185. The molecular weight excluding hydrogens is 171 g/mol. The van der Waals surface area contributed by atoms with Gasteiger partial charge in [0, 0.05) is 5.56 Å². The maximum absolute atomic E-state index is 13.1. The van der Waals surface area contributed by atoms with Crippen LogP contribution in [0.1, 0.15) is 15.9 Å². The Bertz CT molecular complexity index is 345. The van der Waals surface area contributed by atoms with Crippen LogP contribution in [0.3, 0.4) is 0 Å². The number of carboxylic acids is 1. The van der Waals surface area contributed by atoms with Crippen molar-refractivity contribution >= 4 is 5.97 Å². The molecule has 2 nitrogen and oxygen atoms in total. The minimum atomic E-state index is -1.11. The van der Waals surface area contributed by atoms with Gasteiger partial charge in [-0.25, -0.2) is 9.18 Å². The van der Waals surface area contributed by atoms with E-state index in [1.165, 1.54) is 24.3 Å². The lowest BCUT2D eigenvalue weighted by Crippen LogP contribution is -2.03. The molecule has 1 N–H and O–H groups in total. The SMILES string of the molecule is C=CCc1c(F)cccc1C(=O)O. The highest BCUT2D eigenvalue weighted by atomic mass is 19.1. The lowest BCUT2D eigenvalue weighted by molar-refractivity contribution is 0.0695. The van der Waals surface area contributed by atoms with Gasteiger partial charge in [0.2, 0.25) is 0 Å². The largest absolute Gasteiger partial charge is 0.478 e. The first-order chi connectivity index (χ1) is 6.16. The summed E-state index contributed by atoms with van der Waals surface area (Å²) in [6.45, 7) is 3.44. The molecule has 0 heterocycles. The Labute approximate surface area is 75.3 Å². The fourth-order valence-electron chi connectivity index (χ4n) is 1.11. The molecule has 0 bridgehead atoms. The van der Waals surface area contributed by atoms with Crippen LogP contribution in [0.4, 0.5) is 4.39 Å². The summed E-state index contributed by atoms with van der Waals surface area (Å²) in [6, 6.07) is 4.00. The van der Waals surface area contributed by atoms with Crippen molar-refractivity contribution in [1.29, 1.82) is 0 Å². The van der Waals surface area contributed by atoms with Gasteiger partial charge < -0.3 is 5.11 Å². The number of hydrogen-bond acceptors (Lipinski definition) is 1. The van der Waals surface area contributed by atoms with Gasteiger partial charge in [0.05, 0.1) is 5.56 Å². The quantitative estimate of drug-likeness (QED) is 0.724. The molecule has 0 fully saturated rings. The van der Waals surface area contributed by atoms with Crippen LogP contribution in [0.15, 0.2) is 30.9 Å². The summed E-state index contributed by atoms with van der Waals surface area (Å²) >= 11 is 0. The topological polar surface area (TPSA) is 37.3 Å². The maximum atomic E-state index is 13.1. The van der Waals surface area contributed by atoms with Crippen LogP contribution in [0.25, 0.3) is 0 Å². The number of hydrogen-bond donors (Lipinski definition) is 1. The fourth-order valence-corrected chi connectivity index (χ4v) is 1.11. The van der Waals surface area contributed by atoms with Crippen molar-refractivity contribution in [1.82, 2.24) is 0 Å². The number of carboxylic acid groups (broad SMARTS) is 1. The van der Waals surface area contributed by atoms with Gasteiger partial charge in [-0.05, 0) is 18.6 Å². The first-order valence-electron chi connectivity index (χ1n) is 3.78. The average Bonchev–Trinajstić information content (AvgIpc) is 2.08. The van der Waals surface area contributed by atoms with Gasteiger partial charge in [0.25, 0.3) is 0 Å². The highest BCUT2D eigenvalue weighted by Crippen LogP contribution is 2.14. The molecule has 0 atom stereocenters. The minimum Gasteiger partial charge on any atom is -0.478 e. The zero-order valence-electron chi connectivity index (χ0n) is 6.96. The number of halogens is 1. The lowest BCUT2D eigenvalue weighted by Gasteiger charge is -2.03. The Morgan fingerprint density at radius 2 is 2.31 bits per heavy atom. The summed E-state index contributed by atoms with van der Waals surface area (Å²) in [6.07, 6.45) is 1.71. The molecule has 0 saturated heterocycles. The number of carbonyl (C=O) groups is 1. The van der Waals surface area contributed by atoms with Gasteiger partial charge in [0.15, 0.2) is 0 Å². The summed E-state index contributed by atoms with van der Waals surface area (Å²) in [7, 11) is 0. The molecule has 0 saturated carbocycles. The van der Waals surface area contributed by atoms with Crippen LogP contribution in [0.5, 0.6) is 0 Å². The van der Waals surface area contributed by atoms with Gasteiger partial charge in [0.1, 0.15) is 5.82 Å².